The van der Waals surface area contributed by atoms with Gasteiger partial charge in [0.05, 0.1) is 6.20 Å². The van der Waals surface area contributed by atoms with E-state index >= 15 is 0 Å². The molecule has 0 unspecified atom stereocenters. The highest BCUT2D eigenvalue weighted by Crippen LogP contribution is 2.17. The number of rotatable bonds is 3. The monoisotopic (exact) mass is 203 g/mol. The van der Waals surface area contributed by atoms with E-state index in [0.717, 1.165) is 11.5 Å². The Hall–Kier alpha value is -1.77. The fourth-order valence-corrected chi connectivity index (χ4v) is 1.49. The molecule has 0 aliphatic carbocycles. The third-order valence-electron chi connectivity index (χ3n) is 2.07. The van der Waals surface area contributed by atoms with E-state index in [4.69, 9.17) is 9.26 Å². The second-order valence-corrected chi connectivity index (χ2v) is 3.59. The lowest BCUT2D eigenvalue weighted by molar-refractivity contribution is 0.249. The van der Waals surface area contributed by atoms with Gasteiger partial charge in [0.25, 0.3) is 0 Å². The fraction of sp³-hybridized carbons (Fsp3) is 0.250. The average Bonchev–Trinajstić information content (AvgIpc) is 2.65. The lowest BCUT2D eigenvalue weighted by atomic mass is 10.1. The van der Waals surface area contributed by atoms with Gasteiger partial charge in [-0.05, 0) is 37.1 Å². The smallest absolute Gasteiger partial charge is 0.174 e. The SMILES string of the molecule is Cc1cc(C)cc(OCc2ccno2)c1. The first-order chi connectivity index (χ1) is 7.24. The lowest BCUT2D eigenvalue weighted by Gasteiger charge is -2.05. The van der Waals surface area contributed by atoms with Crippen molar-refractivity contribution >= 4 is 0 Å². The van der Waals surface area contributed by atoms with Gasteiger partial charge in [0.2, 0.25) is 0 Å². The maximum Gasteiger partial charge on any atom is 0.174 e. The molecule has 1 heterocycles. The zero-order valence-electron chi connectivity index (χ0n) is 8.86. The number of hydrogen-bond donors (Lipinski definition) is 0. The number of aryl methyl sites for hydroxylation is 2. The van der Waals surface area contributed by atoms with Crippen molar-refractivity contribution in [2.75, 3.05) is 0 Å². The molecule has 0 saturated carbocycles. The van der Waals surface area contributed by atoms with Gasteiger partial charge in [-0.1, -0.05) is 11.2 Å². The summed E-state index contributed by atoms with van der Waals surface area (Å²) < 4.78 is 10.5. The Bertz CT molecular complexity index is 415. The van der Waals surface area contributed by atoms with Crippen molar-refractivity contribution in [1.82, 2.24) is 5.16 Å². The van der Waals surface area contributed by atoms with Gasteiger partial charge in [-0.2, -0.15) is 0 Å². The maximum absolute atomic E-state index is 5.58. The zero-order chi connectivity index (χ0) is 10.7. The van der Waals surface area contributed by atoms with Crippen LogP contribution in [0.1, 0.15) is 16.9 Å². The van der Waals surface area contributed by atoms with Crippen molar-refractivity contribution in [1.29, 1.82) is 0 Å². The summed E-state index contributed by atoms with van der Waals surface area (Å²) in [5.41, 5.74) is 2.39. The molecule has 78 valence electrons. The van der Waals surface area contributed by atoms with E-state index in [1.54, 1.807) is 12.3 Å². The molecule has 1 aromatic heterocycles. The Morgan fingerprint density at radius 3 is 2.53 bits per heavy atom. The van der Waals surface area contributed by atoms with E-state index in [9.17, 15) is 0 Å². The highest BCUT2D eigenvalue weighted by atomic mass is 16.5. The Morgan fingerprint density at radius 1 is 1.20 bits per heavy atom. The van der Waals surface area contributed by atoms with Gasteiger partial charge in [-0.3, -0.25) is 0 Å². The van der Waals surface area contributed by atoms with Gasteiger partial charge in [0, 0.05) is 6.07 Å². The molecule has 0 aliphatic rings. The van der Waals surface area contributed by atoms with Crippen molar-refractivity contribution in [2.24, 2.45) is 0 Å². The Kier molecular flexibility index (Phi) is 2.72. The minimum Gasteiger partial charge on any atom is -0.486 e. The van der Waals surface area contributed by atoms with Crippen molar-refractivity contribution in [3.63, 3.8) is 0 Å². The van der Waals surface area contributed by atoms with Crippen LogP contribution in [0.25, 0.3) is 0 Å². The standard InChI is InChI=1S/C12H13NO2/c1-9-5-10(2)7-12(6-9)14-8-11-3-4-13-15-11/h3-7H,8H2,1-2H3. The lowest BCUT2D eigenvalue weighted by Crippen LogP contribution is -1.94. The van der Waals surface area contributed by atoms with E-state index in [2.05, 4.69) is 11.2 Å². The van der Waals surface area contributed by atoms with Crippen LogP contribution in [0.3, 0.4) is 0 Å². The number of aromatic nitrogens is 1. The summed E-state index contributed by atoms with van der Waals surface area (Å²) in [5, 5.41) is 3.61. The van der Waals surface area contributed by atoms with Crippen LogP contribution in [0.4, 0.5) is 0 Å². The second-order valence-electron chi connectivity index (χ2n) is 3.59. The average molecular weight is 203 g/mol. The van der Waals surface area contributed by atoms with E-state index in [1.807, 2.05) is 26.0 Å². The van der Waals surface area contributed by atoms with Crippen LogP contribution >= 0.6 is 0 Å². The Labute approximate surface area is 88.7 Å². The van der Waals surface area contributed by atoms with Crippen LogP contribution in [-0.2, 0) is 6.61 Å². The largest absolute Gasteiger partial charge is 0.486 e. The van der Waals surface area contributed by atoms with E-state index in [1.165, 1.54) is 11.1 Å². The number of nitrogens with zero attached hydrogens (tertiary/aromatic N) is 1. The molecule has 0 aliphatic heterocycles. The third-order valence-corrected chi connectivity index (χ3v) is 2.07. The fourth-order valence-electron chi connectivity index (χ4n) is 1.49. The predicted octanol–water partition coefficient (Wildman–Crippen LogP) is 2.87. The van der Waals surface area contributed by atoms with Crippen LogP contribution in [0, 0.1) is 13.8 Å². The predicted molar refractivity (Wildman–Crippen MR) is 56.8 cm³/mol. The first kappa shape index (κ1) is 9.77. The Morgan fingerprint density at radius 2 is 1.93 bits per heavy atom. The number of hydrogen-bond acceptors (Lipinski definition) is 3. The maximum atomic E-state index is 5.58. The second kappa shape index (κ2) is 4.17. The molecule has 0 N–H and O–H groups in total. The first-order valence-electron chi connectivity index (χ1n) is 4.85. The van der Waals surface area contributed by atoms with E-state index < -0.39 is 0 Å². The number of ether oxygens (including phenoxy) is 1. The van der Waals surface area contributed by atoms with E-state index in [0.29, 0.717) is 6.61 Å². The van der Waals surface area contributed by atoms with Crippen LogP contribution in [0.15, 0.2) is 35.0 Å². The van der Waals surface area contributed by atoms with Gasteiger partial charge in [-0.25, -0.2) is 0 Å². The highest BCUT2D eigenvalue weighted by Gasteiger charge is 2.00. The summed E-state index contributed by atoms with van der Waals surface area (Å²) in [4.78, 5) is 0. The molecule has 0 fully saturated rings. The first-order valence-corrected chi connectivity index (χ1v) is 4.85. The summed E-state index contributed by atoms with van der Waals surface area (Å²) in [6, 6.07) is 7.91. The molecule has 0 atom stereocenters. The summed E-state index contributed by atoms with van der Waals surface area (Å²) in [6.45, 7) is 4.52. The molecular formula is C12H13NO2. The van der Waals surface area contributed by atoms with Gasteiger partial charge in [0.1, 0.15) is 12.4 Å². The zero-order valence-corrected chi connectivity index (χ0v) is 8.86. The van der Waals surface area contributed by atoms with Gasteiger partial charge in [-0.15, -0.1) is 0 Å². The molecule has 2 rings (SSSR count). The van der Waals surface area contributed by atoms with Gasteiger partial charge >= 0.3 is 0 Å². The van der Waals surface area contributed by atoms with Crippen molar-refractivity contribution in [3.05, 3.63) is 47.3 Å². The van der Waals surface area contributed by atoms with Gasteiger partial charge in [0.15, 0.2) is 5.76 Å². The molecular weight excluding hydrogens is 190 g/mol. The highest BCUT2D eigenvalue weighted by molar-refractivity contribution is 5.33. The molecule has 3 nitrogen and oxygen atoms in total. The molecule has 1 aromatic carbocycles. The molecule has 3 heteroatoms. The van der Waals surface area contributed by atoms with Crippen LogP contribution in [0.2, 0.25) is 0 Å². The molecule has 2 aromatic rings. The van der Waals surface area contributed by atoms with Crippen LogP contribution in [-0.4, -0.2) is 5.16 Å². The molecule has 0 saturated heterocycles. The van der Waals surface area contributed by atoms with Crippen LogP contribution in [0.5, 0.6) is 5.75 Å². The molecule has 0 spiro atoms. The normalized spacial score (nSPS) is 10.3. The van der Waals surface area contributed by atoms with Crippen molar-refractivity contribution in [2.45, 2.75) is 20.5 Å². The molecule has 15 heavy (non-hydrogen) atoms. The third kappa shape index (κ3) is 2.59. The quantitative estimate of drug-likeness (QED) is 0.769. The topological polar surface area (TPSA) is 35.3 Å². The summed E-state index contributed by atoms with van der Waals surface area (Å²) in [7, 11) is 0. The Balaban J connectivity index is 2.05. The van der Waals surface area contributed by atoms with Crippen LogP contribution < -0.4 is 4.74 Å². The molecule has 0 bridgehead atoms. The number of benzene rings is 1. The minimum atomic E-state index is 0.420. The van der Waals surface area contributed by atoms with Crippen molar-refractivity contribution < 1.29 is 9.26 Å². The molecule has 0 radical (unpaired) electrons. The van der Waals surface area contributed by atoms with Gasteiger partial charge < -0.3 is 9.26 Å². The minimum absolute atomic E-state index is 0.420. The van der Waals surface area contributed by atoms with Crippen molar-refractivity contribution in [3.8, 4) is 5.75 Å². The summed E-state index contributed by atoms with van der Waals surface area (Å²) in [5.74, 6) is 1.60. The summed E-state index contributed by atoms with van der Waals surface area (Å²) in [6.07, 6.45) is 1.61. The summed E-state index contributed by atoms with van der Waals surface area (Å²) >= 11 is 0. The molecule has 0 amide bonds. The van der Waals surface area contributed by atoms with E-state index in [-0.39, 0.29) is 0 Å².